The summed E-state index contributed by atoms with van der Waals surface area (Å²) in [5.74, 6) is 0.142. The Bertz CT molecular complexity index is 1100. The number of benzene rings is 1. The molecule has 0 aliphatic heterocycles. The van der Waals surface area contributed by atoms with Crippen LogP contribution in [0.2, 0.25) is 0 Å². The van der Waals surface area contributed by atoms with Gasteiger partial charge in [-0.1, -0.05) is 12.1 Å². The van der Waals surface area contributed by atoms with Gasteiger partial charge < -0.3 is 0 Å². The van der Waals surface area contributed by atoms with E-state index in [1.165, 1.54) is 23.5 Å². The molecule has 0 amide bonds. The minimum absolute atomic E-state index is 0.243. The molecule has 0 atom stereocenters. The SMILES string of the molecule is O=C(/C=C/c1ccc(-n2ccnc2)nc1)c1csc(-c2ccccc2F)n1. The van der Waals surface area contributed by atoms with E-state index in [0.29, 0.717) is 10.6 Å². The quantitative estimate of drug-likeness (QED) is 0.382. The maximum atomic E-state index is 13.8. The molecule has 0 aliphatic carbocycles. The number of hydrogen-bond donors (Lipinski definition) is 0. The van der Waals surface area contributed by atoms with Crippen molar-refractivity contribution in [2.75, 3.05) is 0 Å². The average Bonchev–Trinajstić information content (AvgIpc) is 3.39. The fraction of sp³-hybridized carbons (Fsp3) is 0. The molecule has 0 spiro atoms. The van der Waals surface area contributed by atoms with Gasteiger partial charge in [0.15, 0.2) is 0 Å². The van der Waals surface area contributed by atoms with E-state index in [2.05, 4.69) is 15.0 Å². The average molecular weight is 376 g/mol. The van der Waals surface area contributed by atoms with Crippen LogP contribution >= 0.6 is 11.3 Å². The molecule has 3 aromatic heterocycles. The van der Waals surface area contributed by atoms with Gasteiger partial charge in [-0.15, -0.1) is 11.3 Å². The first-order valence-electron chi connectivity index (χ1n) is 8.08. The summed E-state index contributed by atoms with van der Waals surface area (Å²) in [6.07, 6.45) is 9.93. The van der Waals surface area contributed by atoms with Crippen molar-refractivity contribution in [3.8, 4) is 16.4 Å². The number of hydrogen-bond acceptors (Lipinski definition) is 5. The standard InChI is InChI=1S/C20H13FN4OS/c21-16-4-2-1-3-15(16)20-24-17(12-27-20)18(26)7-5-14-6-8-19(23-11-14)25-10-9-22-13-25/h1-13H/b7-5+. The Morgan fingerprint density at radius 2 is 2.07 bits per heavy atom. The Balaban J connectivity index is 1.48. The van der Waals surface area contributed by atoms with Gasteiger partial charge in [-0.3, -0.25) is 9.36 Å². The van der Waals surface area contributed by atoms with Gasteiger partial charge in [0.1, 0.15) is 28.7 Å². The number of nitrogens with zero attached hydrogens (tertiary/aromatic N) is 4. The Labute approximate surface area is 158 Å². The third-order valence-electron chi connectivity index (χ3n) is 3.83. The van der Waals surface area contributed by atoms with Crippen LogP contribution < -0.4 is 0 Å². The second kappa shape index (κ2) is 7.43. The molecular weight excluding hydrogens is 363 g/mol. The summed E-state index contributed by atoms with van der Waals surface area (Å²) in [7, 11) is 0. The van der Waals surface area contributed by atoms with E-state index in [1.54, 1.807) is 59.1 Å². The lowest BCUT2D eigenvalue weighted by atomic mass is 10.2. The molecule has 132 valence electrons. The van der Waals surface area contributed by atoms with E-state index < -0.39 is 0 Å². The minimum Gasteiger partial charge on any atom is -0.291 e. The largest absolute Gasteiger partial charge is 0.291 e. The fourth-order valence-electron chi connectivity index (χ4n) is 2.45. The van der Waals surface area contributed by atoms with Crippen molar-refractivity contribution in [3.63, 3.8) is 0 Å². The summed E-state index contributed by atoms with van der Waals surface area (Å²) in [6, 6.07) is 10.1. The van der Waals surface area contributed by atoms with Gasteiger partial charge in [-0.2, -0.15) is 0 Å². The van der Waals surface area contributed by atoms with Crippen LogP contribution in [0.25, 0.3) is 22.5 Å². The number of allylic oxidation sites excluding steroid dienone is 1. The number of rotatable bonds is 5. The monoisotopic (exact) mass is 376 g/mol. The molecule has 0 saturated heterocycles. The zero-order valence-corrected chi connectivity index (χ0v) is 14.8. The van der Waals surface area contributed by atoms with Crippen LogP contribution in [0.1, 0.15) is 16.1 Å². The van der Waals surface area contributed by atoms with Crippen LogP contribution in [-0.2, 0) is 0 Å². The molecule has 1 aromatic carbocycles. The van der Waals surface area contributed by atoms with Crippen LogP contribution in [0.3, 0.4) is 0 Å². The van der Waals surface area contributed by atoms with Gasteiger partial charge in [0.05, 0.1) is 0 Å². The van der Waals surface area contributed by atoms with E-state index in [0.717, 1.165) is 11.4 Å². The highest BCUT2D eigenvalue weighted by atomic mass is 32.1. The first-order chi connectivity index (χ1) is 13.2. The van der Waals surface area contributed by atoms with Gasteiger partial charge in [0, 0.05) is 29.5 Å². The topological polar surface area (TPSA) is 60.7 Å². The highest BCUT2D eigenvalue weighted by Gasteiger charge is 2.12. The van der Waals surface area contributed by atoms with Gasteiger partial charge in [-0.05, 0) is 42.0 Å². The van der Waals surface area contributed by atoms with Crippen molar-refractivity contribution in [1.82, 2.24) is 19.5 Å². The number of halogens is 1. The predicted octanol–water partition coefficient (Wildman–Crippen LogP) is 4.43. The van der Waals surface area contributed by atoms with Crippen LogP contribution in [0.4, 0.5) is 4.39 Å². The van der Waals surface area contributed by atoms with Gasteiger partial charge in [-0.25, -0.2) is 19.3 Å². The number of ketones is 1. The molecule has 3 heterocycles. The summed E-state index contributed by atoms with van der Waals surface area (Å²) >= 11 is 1.24. The smallest absolute Gasteiger partial charge is 0.205 e. The molecule has 0 unspecified atom stereocenters. The highest BCUT2D eigenvalue weighted by Crippen LogP contribution is 2.26. The maximum Gasteiger partial charge on any atom is 0.205 e. The molecule has 0 radical (unpaired) electrons. The van der Waals surface area contributed by atoms with Crippen molar-refractivity contribution in [3.05, 3.63) is 89.8 Å². The number of carbonyl (C=O) groups excluding carboxylic acids is 1. The lowest BCUT2D eigenvalue weighted by molar-refractivity contribution is 0.104. The first kappa shape index (κ1) is 17.0. The zero-order valence-electron chi connectivity index (χ0n) is 14.0. The second-order valence-electron chi connectivity index (χ2n) is 5.64. The summed E-state index contributed by atoms with van der Waals surface area (Å²) in [5.41, 5.74) is 1.47. The van der Waals surface area contributed by atoms with E-state index in [-0.39, 0.29) is 17.3 Å². The molecule has 0 aliphatic rings. The number of pyridine rings is 1. The van der Waals surface area contributed by atoms with E-state index in [4.69, 9.17) is 0 Å². The van der Waals surface area contributed by atoms with Crippen molar-refractivity contribution < 1.29 is 9.18 Å². The Kier molecular flexibility index (Phi) is 4.67. The molecule has 0 N–H and O–H groups in total. The predicted molar refractivity (Wildman–Crippen MR) is 102 cm³/mol. The van der Waals surface area contributed by atoms with Crippen LogP contribution in [0.5, 0.6) is 0 Å². The molecule has 0 bridgehead atoms. The van der Waals surface area contributed by atoms with Crippen molar-refractivity contribution >= 4 is 23.2 Å². The molecule has 4 aromatic rings. The van der Waals surface area contributed by atoms with Crippen molar-refractivity contribution in [1.29, 1.82) is 0 Å². The lowest BCUT2D eigenvalue weighted by Crippen LogP contribution is -1.96. The second-order valence-corrected chi connectivity index (χ2v) is 6.49. The summed E-state index contributed by atoms with van der Waals surface area (Å²) < 4.78 is 15.6. The fourth-order valence-corrected chi connectivity index (χ4v) is 3.28. The number of thiazole rings is 1. The summed E-state index contributed by atoms with van der Waals surface area (Å²) in [6.45, 7) is 0. The molecule has 0 fully saturated rings. The van der Waals surface area contributed by atoms with Crippen LogP contribution in [0.15, 0.2) is 72.8 Å². The number of carbonyl (C=O) groups is 1. The van der Waals surface area contributed by atoms with Crippen molar-refractivity contribution in [2.45, 2.75) is 0 Å². The zero-order chi connectivity index (χ0) is 18.6. The molecular formula is C20H13FN4OS. The summed E-state index contributed by atoms with van der Waals surface area (Å²) in [4.78, 5) is 24.9. The Morgan fingerprint density at radius 1 is 1.19 bits per heavy atom. The van der Waals surface area contributed by atoms with E-state index in [1.807, 2.05) is 12.1 Å². The lowest BCUT2D eigenvalue weighted by Gasteiger charge is -2.00. The summed E-state index contributed by atoms with van der Waals surface area (Å²) in [5, 5.41) is 2.12. The third-order valence-corrected chi connectivity index (χ3v) is 4.70. The maximum absolute atomic E-state index is 13.8. The van der Waals surface area contributed by atoms with Crippen molar-refractivity contribution in [2.24, 2.45) is 0 Å². The Hall–Kier alpha value is -3.45. The number of imidazole rings is 1. The molecule has 0 saturated carbocycles. The van der Waals surface area contributed by atoms with Gasteiger partial charge in [0.2, 0.25) is 5.78 Å². The minimum atomic E-state index is -0.356. The van der Waals surface area contributed by atoms with E-state index in [9.17, 15) is 9.18 Å². The molecule has 27 heavy (non-hydrogen) atoms. The molecule has 7 heteroatoms. The molecule has 4 rings (SSSR count). The first-order valence-corrected chi connectivity index (χ1v) is 8.96. The normalized spacial score (nSPS) is 11.1. The van der Waals surface area contributed by atoms with E-state index >= 15 is 0 Å². The van der Waals surface area contributed by atoms with Crippen LogP contribution in [0, 0.1) is 5.82 Å². The number of aromatic nitrogens is 4. The molecule has 5 nitrogen and oxygen atoms in total. The third kappa shape index (κ3) is 3.73. The van der Waals surface area contributed by atoms with Gasteiger partial charge >= 0.3 is 0 Å². The van der Waals surface area contributed by atoms with Crippen LogP contribution in [-0.4, -0.2) is 25.3 Å². The highest BCUT2D eigenvalue weighted by molar-refractivity contribution is 7.13. The van der Waals surface area contributed by atoms with Gasteiger partial charge in [0.25, 0.3) is 0 Å². The Morgan fingerprint density at radius 3 is 2.81 bits per heavy atom.